The van der Waals surface area contributed by atoms with Crippen molar-refractivity contribution in [3.63, 3.8) is 0 Å². The van der Waals surface area contributed by atoms with E-state index in [-0.39, 0.29) is 0 Å². The van der Waals surface area contributed by atoms with Crippen LogP contribution in [0.4, 0.5) is 0 Å². The van der Waals surface area contributed by atoms with Gasteiger partial charge in [0.05, 0.1) is 0 Å². The van der Waals surface area contributed by atoms with Gasteiger partial charge in [-0.1, -0.05) is 25.5 Å². The van der Waals surface area contributed by atoms with Crippen LogP contribution < -0.4 is 0 Å². The van der Waals surface area contributed by atoms with E-state index in [1.165, 1.54) is 45.2 Å². The Balaban J connectivity index is 1.89. The first-order valence-electron chi connectivity index (χ1n) is 5.78. The molecule has 1 fully saturated rings. The summed E-state index contributed by atoms with van der Waals surface area (Å²) in [7, 11) is 0. The Kier molecular flexibility index (Phi) is 3.05. The highest BCUT2D eigenvalue weighted by atomic mass is 15.2. The van der Waals surface area contributed by atoms with Crippen molar-refractivity contribution in [1.29, 1.82) is 0 Å². The summed E-state index contributed by atoms with van der Waals surface area (Å²) in [4.78, 5) is 2.67. The molecule has 1 saturated heterocycles. The highest BCUT2D eigenvalue weighted by Crippen LogP contribution is 2.23. The summed E-state index contributed by atoms with van der Waals surface area (Å²) in [5.41, 5.74) is 0. The molecule has 2 aliphatic rings. The van der Waals surface area contributed by atoms with Crippen molar-refractivity contribution >= 4 is 0 Å². The van der Waals surface area contributed by atoms with Crippen LogP contribution in [0.5, 0.6) is 0 Å². The lowest BCUT2D eigenvalue weighted by Crippen LogP contribution is -2.39. The van der Waals surface area contributed by atoms with E-state index in [1.807, 2.05) is 0 Å². The van der Waals surface area contributed by atoms with Crippen LogP contribution in [0.15, 0.2) is 12.2 Å². The van der Waals surface area contributed by atoms with E-state index >= 15 is 0 Å². The molecule has 1 nitrogen and oxygen atoms in total. The lowest BCUT2D eigenvalue weighted by molar-refractivity contribution is 0.175. The lowest BCUT2D eigenvalue weighted by Gasteiger charge is -2.35. The molecule has 0 bridgehead atoms. The monoisotopic (exact) mass is 179 g/mol. The van der Waals surface area contributed by atoms with Crippen molar-refractivity contribution in [1.82, 2.24) is 4.90 Å². The van der Waals surface area contributed by atoms with Crippen LogP contribution in [-0.4, -0.2) is 24.0 Å². The second kappa shape index (κ2) is 4.28. The maximum Gasteiger partial charge on any atom is 0.0278 e. The van der Waals surface area contributed by atoms with Gasteiger partial charge in [0.1, 0.15) is 0 Å². The number of hydrogen-bond acceptors (Lipinski definition) is 1. The standard InChI is InChI=1S/C12H21N/c1-11-5-7-12(8-6-11)13-9-3-2-4-10-13/h5,7,11-12H,2-4,6,8-10H2,1H3. The summed E-state index contributed by atoms with van der Waals surface area (Å²) in [6.07, 6.45) is 11.9. The van der Waals surface area contributed by atoms with Crippen LogP contribution in [0.2, 0.25) is 0 Å². The predicted molar refractivity (Wildman–Crippen MR) is 56.8 cm³/mol. The van der Waals surface area contributed by atoms with E-state index in [0.717, 1.165) is 12.0 Å². The first kappa shape index (κ1) is 9.26. The molecule has 1 heterocycles. The maximum atomic E-state index is 2.67. The minimum absolute atomic E-state index is 0.775. The second-order valence-corrected chi connectivity index (χ2v) is 4.60. The van der Waals surface area contributed by atoms with E-state index in [0.29, 0.717) is 0 Å². The molecule has 0 aromatic heterocycles. The molecule has 74 valence electrons. The molecule has 0 amide bonds. The molecule has 2 atom stereocenters. The van der Waals surface area contributed by atoms with Crippen LogP contribution in [0.1, 0.15) is 39.0 Å². The summed E-state index contributed by atoms with van der Waals surface area (Å²) < 4.78 is 0. The van der Waals surface area contributed by atoms with Gasteiger partial charge in [-0.25, -0.2) is 0 Å². The largest absolute Gasteiger partial charge is 0.297 e. The summed E-state index contributed by atoms with van der Waals surface area (Å²) in [6, 6.07) is 0.775. The Morgan fingerprint density at radius 3 is 2.38 bits per heavy atom. The summed E-state index contributed by atoms with van der Waals surface area (Å²) in [6.45, 7) is 5.00. The van der Waals surface area contributed by atoms with Crippen LogP contribution in [0.3, 0.4) is 0 Å². The SMILES string of the molecule is CC1C=CC(N2CCCCC2)CC1. The zero-order valence-corrected chi connectivity index (χ0v) is 8.71. The molecular weight excluding hydrogens is 158 g/mol. The van der Waals surface area contributed by atoms with E-state index < -0.39 is 0 Å². The average molecular weight is 179 g/mol. The van der Waals surface area contributed by atoms with E-state index in [4.69, 9.17) is 0 Å². The maximum absolute atomic E-state index is 2.67. The van der Waals surface area contributed by atoms with E-state index in [9.17, 15) is 0 Å². The van der Waals surface area contributed by atoms with Crippen molar-refractivity contribution in [2.45, 2.75) is 45.1 Å². The van der Waals surface area contributed by atoms with Gasteiger partial charge in [0.15, 0.2) is 0 Å². The molecule has 0 spiro atoms. The van der Waals surface area contributed by atoms with Gasteiger partial charge in [-0.2, -0.15) is 0 Å². The third kappa shape index (κ3) is 2.34. The Morgan fingerprint density at radius 1 is 1.00 bits per heavy atom. The van der Waals surface area contributed by atoms with Crippen molar-refractivity contribution in [2.75, 3.05) is 13.1 Å². The molecule has 1 aliphatic heterocycles. The van der Waals surface area contributed by atoms with Gasteiger partial charge in [0.25, 0.3) is 0 Å². The van der Waals surface area contributed by atoms with Gasteiger partial charge in [0.2, 0.25) is 0 Å². The molecule has 2 unspecified atom stereocenters. The van der Waals surface area contributed by atoms with Crippen LogP contribution in [-0.2, 0) is 0 Å². The quantitative estimate of drug-likeness (QED) is 0.559. The zero-order valence-electron chi connectivity index (χ0n) is 8.71. The fourth-order valence-electron chi connectivity index (χ4n) is 2.50. The number of nitrogens with zero attached hydrogens (tertiary/aromatic N) is 1. The second-order valence-electron chi connectivity index (χ2n) is 4.60. The van der Waals surface area contributed by atoms with Crippen molar-refractivity contribution in [2.24, 2.45) is 5.92 Å². The molecule has 1 heteroatoms. The van der Waals surface area contributed by atoms with Crippen molar-refractivity contribution in [3.8, 4) is 0 Å². The zero-order chi connectivity index (χ0) is 9.10. The summed E-state index contributed by atoms with van der Waals surface area (Å²) in [5, 5.41) is 0. The average Bonchev–Trinajstić information content (AvgIpc) is 2.20. The Hall–Kier alpha value is -0.300. The molecule has 0 saturated carbocycles. The van der Waals surface area contributed by atoms with Gasteiger partial charge < -0.3 is 0 Å². The minimum Gasteiger partial charge on any atom is -0.297 e. The van der Waals surface area contributed by atoms with Gasteiger partial charge in [0, 0.05) is 6.04 Å². The van der Waals surface area contributed by atoms with Crippen molar-refractivity contribution < 1.29 is 0 Å². The molecule has 2 rings (SSSR count). The molecule has 0 aromatic rings. The molecule has 1 aliphatic carbocycles. The number of piperidine rings is 1. The van der Waals surface area contributed by atoms with E-state index in [2.05, 4.69) is 24.0 Å². The fourth-order valence-corrected chi connectivity index (χ4v) is 2.50. The van der Waals surface area contributed by atoms with Crippen molar-refractivity contribution in [3.05, 3.63) is 12.2 Å². The third-order valence-corrected chi connectivity index (χ3v) is 3.44. The third-order valence-electron chi connectivity index (χ3n) is 3.44. The molecular formula is C12H21N. The Bertz CT molecular complexity index is 180. The first-order chi connectivity index (χ1) is 6.36. The minimum atomic E-state index is 0.775. The van der Waals surface area contributed by atoms with Crippen LogP contribution >= 0.6 is 0 Å². The van der Waals surface area contributed by atoms with Gasteiger partial charge in [-0.3, -0.25) is 4.90 Å². The number of rotatable bonds is 1. The Labute approximate surface area is 81.8 Å². The van der Waals surface area contributed by atoms with Crippen LogP contribution in [0, 0.1) is 5.92 Å². The van der Waals surface area contributed by atoms with Crippen LogP contribution in [0.25, 0.3) is 0 Å². The molecule has 13 heavy (non-hydrogen) atoms. The summed E-state index contributed by atoms with van der Waals surface area (Å²) in [5.74, 6) is 0.820. The Morgan fingerprint density at radius 2 is 1.77 bits per heavy atom. The highest BCUT2D eigenvalue weighted by molar-refractivity contribution is 5.01. The smallest absolute Gasteiger partial charge is 0.0278 e. The van der Waals surface area contributed by atoms with Gasteiger partial charge in [-0.05, 0) is 44.7 Å². The highest BCUT2D eigenvalue weighted by Gasteiger charge is 2.20. The predicted octanol–water partition coefficient (Wildman–Crippen LogP) is 2.83. The topological polar surface area (TPSA) is 3.24 Å². The fraction of sp³-hybridized carbons (Fsp3) is 0.833. The molecule has 0 radical (unpaired) electrons. The number of likely N-dealkylation sites (tertiary alicyclic amines) is 1. The number of allylic oxidation sites excluding steroid dienone is 1. The first-order valence-corrected chi connectivity index (χ1v) is 5.78. The molecule has 0 aromatic carbocycles. The lowest BCUT2D eigenvalue weighted by atomic mass is 9.92. The number of hydrogen-bond donors (Lipinski definition) is 0. The normalized spacial score (nSPS) is 36.4. The van der Waals surface area contributed by atoms with Gasteiger partial charge in [-0.15, -0.1) is 0 Å². The van der Waals surface area contributed by atoms with Gasteiger partial charge >= 0.3 is 0 Å². The van der Waals surface area contributed by atoms with E-state index in [1.54, 1.807) is 0 Å². The molecule has 0 N–H and O–H groups in total. The summed E-state index contributed by atoms with van der Waals surface area (Å²) >= 11 is 0.